The van der Waals surface area contributed by atoms with Crippen molar-refractivity contribution in [1.82, 2.24) is 25.0 Å². The van der Waals surface area contributed by atoms with E-state index in [1.807, 2.05) is 0 Å². The number of nitrogens with one attached hydrogen (secondary N) is 1. The highest BCUT2D eigenvalue weighted by molar-refractivity contribution is 5.70. The van der Waals surface area contributed by atoms with E-state index in [0.717, 1.165) is 24.5 Å². The van der Waals surface area contributed by atoms with Gasteiger partial charge in [-0.25, -0.2) is 18.4 Å². The monoisotopic (exact) mass is 343 g/mol. The molecule has 0 spiro atoms. The van der Waals surface area contributed by atoms with Gasteiger partial charge in [-0.1, -0.05) is 5.21 Å². The fraction of sp³-hybridized carbons (Fsp3) is 0.0769. The van der Waals surface area contributed by atoms with Gasteiger partial charge in [-0.15, -0.1) is 5.10 Å². The molecule has 1 aromatic carbocycles. The number of aromatic nitrogens is 5. The Bertz CT molecular complexity index is 962. The third kappa shape index (κ3) is 2.75. The minimum Gasteiger partial charge on any atom is -0.313 e. The summed E-state index contributed by atoms with van der Waals surface area (Å²) in [5.41, 5.74) is -2.99. The topological polar surface area (TPSA) is 76.5 Å². The second kappa shape index (κ2) is 5.51. The van der Waals surface area contributed by atoms with Crippen molar-refractivity contribution in [2.45, 2.75) is 6.18 Å². The summed E-state index contributed by atoms with van der Waals surface area (Å²) in [5, 5.41) is 6.23. The first-order valence-electron chi connectivity index (χ1n) is 6.30. The molecule has 11 heteroatoms. The Labute approximate surface area is 129 Å². The zero-order valence-corrected chi connectivity index (χ0v) is 11.5. The molecule has 0 radical (unpaired) electrons. The van der Waals surface area contributed by atoms with Crippen LogP contribution in [0.15, 0.2) is 35.5 Å². The van der Waals surface area contributed by atoms with Crippen LogP contribution in [0.3, 0.4) is 0 Å². The fourth-order valence-electron chi connectivity index (χ4n) is 1.99. The smallest absolute Gasteiger partial charge is 0.313 e. The lowest BCUT2D eigenvalue weighted by Gasteiger charge is -2.10. The number of alkyl halides is 3. The molecule has 1 N–H and O–H groups in total. The summed E-state index contributed by atoms with van der Waals surface area (Å²) < 4.78 is 66.3. The molecule has 3 aromatic rings. The molecule has 2 aromatic heterocycles. The molecule has 24 heavy (non-hydrogen) atoms. The quantitative estimate of drug-likeness (QED) is 0.725. The Balaban J connectivity index is 2.24. The van der Waals surface area contributed by atoms with E-state index in [4.69, 9.17) is 0 Å². The standard InChI is InChI=1S/C13H6F5N5O/c14-6-1-2-8(23-4-9(21-22-23)13(16,17)18)11(12(6)15)7-3-10(24)20-5-19-7/h1-5H,(H,19,20,24). The van der Waals surface area contributed by atoms with Crippen molar-refractivity contribution in [3.05, 3.63) is 58.4 Å². The number of halogens is 5. The Kier molecular flexibility index (Phi) is 3.62. The number of H-pyrrole nitrogens is 1. The second-order valence-electron chi connectivity index (χ2n) is 4.60. The van der Waals surface area contributed by atoms with Crippen molar-refractivity contribution in [1.29, 1.82) is 0 Å². The van der Waals surface area contributed by atoms with Crippen LogP contribution in [-0.2, 0) is 6.18 Å². The molecule has 0 aliphatic carbocycles. The third-order valence-corrected chi connectivity index (χ3v) is 3.04. The van der Waals surface area contributed by atoms with Crippen molar-refractivity contribution >= 4 is 0 Å². The van der Waals surface area contributed by atoms with Crippen LogP contribution in [0.4, 0.5) is 22.0 Å². The summed E-state index contributed by atoms with van der Waals surface area (Å²) in [6.45, 7) is 0. The van der Waals surface area contributed by atoms with Gasteiger partial charge in [0.2, 0.25) is 0 Å². The van der Waals surface area contributed by atoms with Crippen LogP contribution in [0.1, 0.15) is 5.69 Å². The third-order valence-electron chi connectivity index (χ3n) is 3.04. The predicted octanol–water partition coefficient (Wildman–Crippen LogP) is 2.31. The van der Waals surface area contributed by atoms with E-state index in [1.165, 1.54) is 0 Å². The highest BCUT2D eigenvalue weighted by atomic mass is 19.4. The summed E-state index contributed by atoms with van der Waals surface area (Å²) >= 11 is 0. The van der Waals surface area contributed by atoms with Gasteiger partial charge in [0.25, 0.3) is 5.56 Å². The van der Waals surface area contributed by atoms with Crippen LogP contribution in [0.25, 0.3) is 16.9 Å². The van der Waals surface area contributed by atoms with E-state index in [9.17, 15) is 26.7 Å². The molecule has 0 saturated heterocycles. The SMILES string of the molecule is O=c1cc(-c2c(-n3cc(C(F)(F)F)nn3)ccc(F)c2F)nc[nH]1. The molecular weight excluding hydrogens is 337 g/mol. The van der Waals surface area contributed by atoms with Crippen LogP contribution < -0.4 is 5.56 Å². The minimum atomic E-state index is -4.75. The first-order valence-corrected chi connectivity index (χ1v) is 6.30. The molecule has 2 heterocycles. The van der Waals surface area contributed by atoms with Crippen molar-refractivity contribution in [2.75, 3.05) is 0 Å². The van der Waals surface area contributed by atoms with Crippen molar-refractivity contribution in [3.63, 3.8) is 0 Å². The van der Waals surface area contributed by atoms with Crippen molar-refractivity contribution in [2.24, 2.45) is 0 Å². The maximum atomic E-state index is 14.2. The zero-order valence-electron chi connectivity index (χ0n) is 11.5. The van der Waals surface area contributed by atoms with E-state index < -0.39 is 34.6 Å². The number of nitrogens with zero attached hydrogens (tertiary/aromatic N) is 4. The number of hydrogen-bond donors (Lipinski definition) is 1. The van der Waals surface area contributed by atoms with Gasteiger partial charge in [0, 0.05) is 6.07 Å². The maximum absolute atomic E-state index is 14.2. The summed E-state index contributed by atoms with van der Waals surface area (Å²) in [6.07, 6.45) is -3.28. The Hall–Kier alpha value is -3.11. The van der Waals surface area contributed by atoms with Crippen LogP contribution in [0.5, 0.6) is 0 Å². The largest absolute Gasteiger partial charge is 0.436 e. The number of hydrogen-bond acceptors (Lipinski definition) is 4. The molecule has 6 nitrogen and oxygen atoms in total. The molecule has 0 aliphatic heterocycles. The van der Waals surface area contributed by atoms with Crippen LogP contribution >= 0.6 is 0 Å². The normalized spacial score (nSPS) is 11.7. The second-order valence-corrected chi connectivity index (χ2v) is 4.60. The zero-order chi connectivity index (χ0) is 17.5. The van der Waals surface area contributed by atoms with Crippen LogP contribution in [0, 0.1) is 11.6 Å². The van der Waals surface area contributed by atoms with Gasteiger partial charge in [-0.2, -0.15) is 13.2 Å². The average Bonchev–Trinajstić information content (AvgIpc) is 2.99. The van der Waals surface area contributed by atoms with E-state index in [1.54, 1.807) is 0 Å². The maximum Gasteiger partial charge on any atom is 0.436 e. The average molecular weight is 343 g/mol. The van der Waals surface area contributed by atoms with Gasteiger partial charge in [0.1, 0.15) is 0 Å². The fourth-order valence-corrected chi connectivity index (χ4v) is 1.99. The minimum absolute atomic E-state index is 0.255. The van der Waals surface area contributed by atoms with E-state index in [0.29, 0.717) is 10.9 Å². The number of benzene rings is 1. The lowest BCUT2D eigenvalue weighted by Crippen LogP contribution is -2.08. The van der Waals surface area contributed by atoms with Gasteiger partial charge < -0.3 is 4.98 Å². The lowest BCUT2D eigenvalue weighted by molar-refractivity contribution is -0.141. The molecular formula is C13H6F5N5O. The van der Waals surface area contributed by atoms with E-state index in [2.05, 4.69) is 20.3 Å². The first-order chi connectivity index (χ1) is 11.3. The molecule has 3 rings (SSSR count). The summed E-state index contributed by atoms with van der Waals surface area (Å²) in [4.78, 5) is 17.2. The summed E-state index contributed by atoms with van der Waals surface area (Å²) in [6, 6.07) is 2.60. The van der Waals surface area contributed by atoms with Crippen molar-refractivity contribution in [3.8, 4) is 16.9 Å². The molecule has 0 bridgehead atoms. The molecule has 0 unspecified atom stereocenters. The van der Waals surface area contributed by atoms with Gasteiger partial charge in [-0.05, 0) is 12.1 Å². The highest BCUT2D eigenvalue weighted by Crippen LogP contribution is 2.31. The first kappa shape index (κ1) is 15.8. The Morgan fingerprint density at radius 3 is 2.54 bits per heavy atom. The molecule has 0 aliphatic rings. The van der Waals surface area contributed by atoms with Crippen molar-refractivity contribution < 1.29 is 22.0 Å². The van der Waals surface area contributed by atoms with E-state index in [-0.39, 0.29) is 11.4 Å². The van der Waals surface area contributed by atoms with E-state index >= 15 is 0 Å². The van der Waals surface area contributed by atoms with Gasteiger partial charge in [-0.3, -0.25) is 4.79 Å². The Morgan fingerprint density at radius 2 is 1.92 bits per heavy atom. The number of aromatic amines is 1. The van der Waals surface area contributed by atoms with Gasteiger partial charge >= 0.3 is 6.18 Å². The summed E-state index contributed by atoms with van der Waals surface area (Å²) in [5.74, 6) is -2.64. The molecule has 0 amide bonds. The lowest BCUT2D eigenvalue weighted by atomic mass is 10.1. The van der Waals surface area contributed by atoms with Gasteiger partial charge in [0.15, 0.2) is 17.3 Å². The number of rotatable bonds is 2. The predicted molar refractivity (Wildman–Crippen MR) is 70.1 cm³/mol. The Morgan fingerprint density at radius 1 is 1.17 bits per heavy atom. The molecule has 124 valence electrons. The molecule has 0 saturated carbocycles. The summed E-state index contributed by atoms with van der Waals surface area (Å²) in [7, 11) is 0. The molecule has 0 fully saturated rings. The highest BCUT2D eigenvalue weighted by Gasteiger charge is 2.35. The van der Waals surface area contributed by atoms with Crippen LogP contribution in [-0.4, -0.2) is 25.0 Å². The van der Waals surface area contributed by atoms with Gasteiger partial charge in [0.05, 0.1) is 29.5 Å². The van der Waals surface area contributed by atoms with Crippen LogP contribution in [0.2, 0.25) is 0 Å². The molecule has 0 atom stereocenters.